The maximum absolute atomic E-state index is 12.4. The number of nitro groups is 1. The fraction of sp³-hybridized carbons (Fsp3) is 0.208. The first-order valence-electron chi connectivity index (χ1n) is 11.0. The van der Waals surface area contributed by atoms with Crippen molar-refractivity contribution < 1.29 is 23.7 Å². The minimum atomic E-state index is -0.515. The first-order valence-corrected chi connectivity index (χ1v) is 11.5. The van der Waals surface area contributed by atoms with Crippen LogP contribution in [0.3, 0.4) is 0 Å². The van der Waals surface area contributed by atoms with Gasteiger partial charge in [0.05, 0.1) is 11.2 Å². The van der Waals surface area contributed by atoms with Crippen LogP contribution < -0.4 is 20.3 Å². The molecule has 2 aromatic carbocycles. The molecule has 1 aliphatic heterocycles. The molecule has 2 heterocycles. The average molecular weight is 510 g/mol. The predicted molar refractivity (Wildman–Crippen MR) is 136 cm³/mol. The Bertz CT molecular complexity index is 1220. The van der Waals surface area contributed by atoms with Crippen molar-refractivity contribution in [2.45, 2.75) is 0 Å². The van der Waals surface area contributed by atoms with Gasteiger partial charge in [0.1, 0.15) is 5.75 Å². The third kappa shape index (κ3) is 6.36. The van der Waals surface area contributed by atoms with Crippen molar-refractivity contribution in [3.63, 3.8) is 0 Å². The molecule has 1 fully saturated rings. The molecule has 1 aliphatic rings. The van der Waals surface area contributed by atoms with Crippen molar-refractivity contribution in [1.82, 2.24) is 10.2 Å². The Balaban J connectivity index is 1.20. The van der Waals surface area contributed by atoms with Crippen molar-refractivity contribution in [3.05, 3.63) is 82.8 Å². The molecule has 2 N–H and O–H groups in total. The predicted octanol–water partition coefficient (Wildman–Crippen LogP) is 3.04. The second kappa shape index (κ2) is 11.3. The monoisotopic (exact) mass is 509 g/mol. The number of carbonyl (C=O) groups is 2. The van der Waals surface area contributed by atoms with Crippen LogP contribution in [0.25, 0.3) is 0 Å². The largest absolute Gasteiger partial charge is 0.484 e. The molecule has 0 radical (unpaired) electrons. The molecule has 0 saturated carbocycles. The Morgan fingerprint density at radius 1 is 1.03 bits per heavy atom. The van der Waals surface area contributed by atoms with Gasteiger partial charge in [-0.2, -0.15) is 0 Å². The Kier molecular flexibility index (Phi) is 7.75. The molecule has 0 atom stereocenters. The van der Waals surface area contributed by atoms with Crippen molar-refractivity contribution in [1.29, 1.82) is 0 Å². The number of non-ortho nitro benzene ring substituents is 1. The summed E-state index contributed by atoms with van der Waals surface area (Å²) in [6.45, 7) is 2.28. The Labute approximate surface area is 211 Å². The van der Waals surface area contributed by atoms with Crippen molar-refractivity contribution in [2.24, 2.45) is 0 Å². The second-order valence-corrected chi connectivity index (χ2v) is 8.25. The van der Waals surface area contributed by atoms with Gasteiger partial charge in [0.25, 0.3) is 17.5 Å². The van der Waals surface area contributed by atoms with Gasteiger partial charge in [-0.25, -0.2) is 0 Å². The topological polar surface area (TPSA) is 130 Å². The average Bonchev–Trinajstić information content (AvgIpc) is 3.43. The number of ether oxygens (including phenoxy) is 1. The zero-order valence-electron chi connectivity index (χ0n) is 19.1. The van der Waals surface area contributed by atoms with E-state index in [0.717, 1.165) is 5.69 Å². The van der Waals surface area contributed by atoms with Crippen LogP contribution in [0.5, 0.6) is 5.75 Å². The van der Waals surface area contributed by atoms with Gasteiger partial charge >= 0.3 is 0 Å². The first-order chi connectivity index (χ1) is 17.4. The van der Waals surface area contributed by atoms with E-state index >= 15 is 0 Å². The van der Waals surface area contributed by atoms with Crippen LogP contribution in [-0.4, -0.2) is 59.5 Å². The number of nitro benzene ring substituents is 1. The van der Waals surface area contributed by atoms with Crippen molar-refractivity contribution >= 4 is 46.2 Å². The van der Waals surface area contributed by atoms with E-state index in [1.165, 1.54) is 30.5 Å². The van der Waals surface area contributed by atoms with Gasteiger partial charge < -0.3 is 24.3 Å². The van der Waals surface area contributed by atoms with Gasteiger partial charge in [0.15, 0.2) is 17.5 Å². The number of amides is 2. The van der Waals surface area contributed by atoms with Crippen LogP contribution in [-0.2, 0) is 4.79 Å². The third-order valence-corrected chi connectivity index (χ3v) is 5.66. The van der Waals surface area contributed by atoms with Gasteiger partial charge in [0.2, 0.25) is 0 Å². The summed E-state index contributed by atoms with van der Waals surface area (Å²) in [6, 6.07) is 16.4. The number of rotatable bonds is 7. The number of anilines is 2. The number of furan rings is 1. The molecule has 4 rings (SSSR count). The lowest BCUT2D eigenvalue weighted by Crippen LogP contribution is -2.48. The molecule has 3 aromatic rings. The molecule has 12 heteroatoms. The first kappa shape index (κ1) is 24.7. The quantitative estimate of drug-likeness (QED) is 0.280. The van der Waals surface area contributed by atoms with E-state index < -0.39 is 10.8 Å². The number of thiocarbonyl (C=S) groups is 1. The van der Waals surface area contributed by atoms with E-state index in [-0.39, 0.29) is 23.3 Å². The minimum absolute atomic E-state index is 0.0642. The number of hydrogen-bond donors (Lipinski definition) is 2. The summed E-state index contributed by atoms with van der Waals surface area (Å²) in [5.74, 6) is 0.105. The van der Waals surface area contributed by atoms with Crippen LogP contribution in [0.2, 0.25) is 0 Å². The van der Waals surface area contributed by atoms with E-state index in [9.17, 15) is 19.7 Å². The molecular weight excluding hydrogens is 486 g/mol. The third-order valence-electron chi connectivity index (χ3n) is 5.46. The molecule has 11 nitrogen and oxygen atoms in total. The SMILES string of the molecule is O=C(COc1ccc([N+](=O)[O-])cc1)NC(=S)Nc1ccc(N2CCN(C(=O)c3ccco3)CC2)cc1. The highest BCUT2D eigenvalue weighted by Crippen LogP contribution is 2.21. The maximum atomic E-state index is 12.4. The van der Waals surface area contributed by atoms with E-state index in [2.05, 4.69) is 15.5 Å². The number of nitrogens with one attached hydrogen (secondary N) is 2. The van der Waals surface area contributed by atoms with E-state index in [1.54, 1.807) is 17.0 Å². The van der Waals surface area contributed by atoms with Crippen LogP contribution in [0.1, 0.15) is 10.6 Å². The molecule has 186 valence electrons. The van der Waals surface area contributed by atoms with Gasteiger partial charge in [-0.1, -0.05) is 0 Å². The van der Waals surface area contributed by atoms with Crippen LogP contribution in [0, 0.1) is 10.1 Å². The lowest BCUT2D eigenvalue weighted by Gasteiger charge is -2.35. The lowest BCUT2D eigenvalue weighted by atomic mass is 10.2. The van der Waals surface area contributed by atoms with Gasteiger partial charge in [-0.15, -0.1) is 0 Å². The zero-order chi connectivity index (χ0) is 25.5. The fourth-order valence-electron chi connectivity index (χ4n) is 3.62. The molecule has 1 aromatic heterocycles. The molecule has 0 spiro atoms. The molecule has 0 aliphatic carbocycles. The highest BCUT2D eigenvalue weighted by Gasteiger charge is 2.23. The summed E-state index contributed by atoms with van der Waals surface area (Å²) in [5.41, 5.74) is 1.65. The summed E-state index contributed by atoms with van der Waals surface area (Å²) in [7, 11) is 0. The Hall–Kier alpha value is -4.45. The smallest absolute Gasteiger partial charge is 0.289 e. The Morgan fingerprint density at radius 3 is 2.33 bits per heavy atom. The molecule has 1 saturated heterocycles. The molecular formula is C24H23N5O6S. The summed E-state index contributed by atoms with van der Waals surface area (Å²) >= 11 is 5.19. The number of benzene rings is 2. The zero-order valence-corrected chi connectivity index (χ0v) is 19.9. The normalized spacial score (nSPS) is 13.1. The standard InChI is InChI=1S/C24H23N5O6S/c30-22(16-35-20-9-7-19(8-10-20)29(32)33)26-24(36)25-17-3-5-18(6-4-17)27-11-13-28(14-12-27)23(31)21-2-1-15-34-21/h1-10,15H,11-14,16H2,(H2,25,26,30,36). The van der Waals surface area contributed by atoms with E-state index in [1.807, 2.05) is 24.3 Å². The number of hydrogen-bond acceptors (Lipinski definition) is 8. The highest BCUT2D eigenvalue weighted by atomic mass is 32.1. The van der Waals surface area contributed by atoms with Gasteiger partial charge in [-0.3, -0.25) is 25.0 Å². The number of nitrogens with zero attached hydrogens (tertiary/aromatic N) is 3. The fourth-order valence-corrected chi connectivity index (χ4v) is 3.85. The van der Waals surface area contributed by atoms with Crippen LogP contribution in [0.15, 0.2) is 71.3 Å². The van der Waals surface area contributed by atoms with Crippen molar-refractivity contribution in [3.8, 4) is 5.75 Å². The number of piperazine rings is 1. The van der Waals surface area contributed by atoms with E-state index in [0.29, 0.717) is 43.4 Å². The molecule has 2 amide bonds. The molecule has 0 unspecified atom stereocenters. The summed E-state index contributed by atoms with van der Waals surface area (Å²) < 4.78 is 10.5. The Morgan fingerprint density at radius 2 is 1.72 bits per heavy atom. The summed E-state index contributed by atoms with van der Waals surface area (Å²) in [6.07, 6.45) is 1.49. The highest BCUT2D eigenvalue weighted by molar-refractivity contribution is 7.80. The van der Waals surface area contributed by atoms with Crippen LogP contribution >= 0.6 is 12.2 Å². The van der Waals surface area contributed by atoms with E-state index in [4.69, 9.17) is 21.4 Å². The minimum Gasteiger partial charge on any atom is -0.484 e. The maximum Gasteiger partial charge on any atom is 0.289 e. The summed E-state index contributed by atoms with van der Waals surface area (Å²) in [4.78, 5) is 38.6. The lowest BCUT2D eigenvalue weighted by molar-refractivity contribution is -0.384. The van der Waals surface area contributed by atoms with Crippen LogP contribution in [0.4, 0.5) is 17.1 Å². The molecule has 36 heavy (non-hydrogen) atoms. The molecule has 0 bridgehead atoms. The van der Waals surface area contributed by atoms with Gasteiger partial charge in [0, 0.05) is 49.7 Å². The second-order valence-electron chi connectivity index (χ2n) is 7.85. The van der Waals surface area contributed by atoms with Crippen molar-refractivity contribution in [2.75, 3.05) is 43.0 Å². The number of carbonyl (C=O) groups excluding carboxylic acids is 2. The van der Waals surface area contributed by atoms with Gasteiger partial charge in [-0.05, 0) is 60.7 Å². The summed E-state index contributed by atoms with van der Waals surface area (Å²) in [5, 5.41) is 16.3.